The number of ether oxygens (including phenoxy) is 1. The van der Waals surface area contributed by atoms with Crippen LogP contribution < -0.4 is 5.32 Å². The molecule has 4 nitrogen and oxygen atoms in total. The summed E-state index contributed by atoms with van der Waals surface area (Å²) in [6.45, 7) is 5.02. The van der Waals surface area contributed by atoms with Crippen molar-refractivity contribution in [3.63, 3.8) is 0 Å². The van der Waals surface area contributed by atoms with Gasteiger partial charge in [0.15, 0.2) is 0 Å². The van der Waals surface area contributed by atoms with Crippen LogP contribution in [0.25, 0.3) is 0 Å². The van der Waals surface area contributed by atoms with E-state index < -0.39 is 5.97 Å². The zero-order chi connectivity index (χ0) is 9.56. The summed E-state index contributed by atoms with van der Waals surface area (Å²) in [6.07, 6.45) is 1.24. The van der Waals surface area contributed by atoms with Gasteiger partial charge in [0, 0.05) is 11.8 Å². The van der Waals surface area contributed by atoms with Gasteiger partial charge in [0.2, 0.25) is 0 Å². The molecule has 64 valence electrons. The number of esters is 1. The van der Waals surface area contributed by atoms with Crippen molar-refractivity contribution in [2.24, 2.45) is 0 Å². The van der Waals surface area contributed by atoms with Crippen LogP contribution in [0.4, 0.5) is 0 Å². The molecule has 4 heteroatoms. The summed E-state index contributed by atoms with van der Waals surface area (Å²) < 4.78 is 4.37. The molecule has 0 amide bonds. The van der Waals surface area contributed by atoms with Gasteiger partial charge in [0.05, 0.1) is 7.11 Å². The molecule has 0 fully saturated rings. The highest BCUT2D eigenvalue weighted by atomic mass is 16.5. The van der Waals surface area contributed by atoms with Gasteiger partial charge in [-0.15, -0.1) is 0 Å². The molecule has 0 aromatic rings. The molecule has 0 bridgehead atoms. The Morgan fingerprint density at radius 2 is 2.33 bits per heavy atom. The molecule has 0 atom stereocenters. The number of hydrogen-bond donors (Lipinski definition) is 1. The van der Waals surface area contributed by atoms with Gasteiger partial charge >= 0.3 is 5.97 Å². The Morgan fingerprint density at radius 1 is 1.75 bits per heavy atom. The van der Waals surface area contributed by atoms with E-state index in [1.54, 1.807) is 13.0 Å². The lowest BCUT2D eigenvalue weighted by atomic mass is 10.4. The monoisotopic (exact) mass is 166 g/mol. The average Bonchev–Trinajstić information content (AvgIpc) is 2.03. The number of carbonyl (C=O) groups is 1. The molecule has 0 aliphatic heterocycles. The van der Waals surface area contributed by atoms with E-state index >= 15 is 0 Å². The SMILES string of the molecule is C=C(C#N)N/C(C)=C/C(=O)OC. The standard InChI is InChI=1S/C8H10N2O2/c1-6(4-8(11)12-3)10-7(2)5-9/h4,10H,2H2,1,3H3/b6-4+. The third-order valence-corrected chi connectivity index (χ3v) is 1.02. The summed E-state index contributed by atoms with van der Waals surface area (Å²) in [4.78, 5) is 10.6. The van der Waals surface area contributed by atoms with Crippen LogP contribution in [0.5, 0.6) is 0 Å². The second kappa shape index (κ2) is 4.97. The van der Waals surface area contributed by atoms with Crippen molar-refractivity contribution in [2.45, 2.75) is 6.92 Å². The molecule has 0 aliphatic carbocycles. The first-order chi connectivity index (χ1) is 5.60. The van der Waals surface area contributed by atoms with Crippen LogP contribution in [0.1, 0.15) is 6.92 Å². The lowest BCUT2D eigenvalue weighted by molar-refractivity contribution is -0.134. The highest BCUT2D eigenvalue weighted by Crippen LogP contribution is 1.91. The second-order valence-corrected chi connectivity index (χ2v) is 2.07. The maximum Gasteiger partial charge on any atom is 0.332 e. The Labute approximate surface area is 71.1 Å². The van der Waals surface area contributed by atoms with Crippen molar-refractivity contribution >= 4 is 5.97 Å². The number of methoxy groups -OCH3 is 1. The van der Waals surface area contributed by atoms with Gasteiger partial charge in [0.1, 0.15) is 11.8 Å². The van der Waals surface area contributed by atoms with Crippen molar-refractivity contribution in [1.29, 1.82) is 5.26 Å². The van der Waals surface area contributed by atoms with Crippen molar-refractivity contribution in [2.75, 3.05) is 7.11 Å². The maximum atomic E-state index is 10.6. The van der Waals surface area contributed by atoms with Crippen LogP contribution in [0.2, 0.25) is 0 Å². The van der Waals surface area contributed by atoms with E-state index in [9.17, 15) is 4.79 Å². The topological polar surface area (TPSA) is 62.1 Å². The predicted molar refractivity (Wildman–Crippen MR) is 43.7 cm³/mol. The number of nitrogens with one attached hydrogen (secondary N) is 1. The van der Waals surface area contributed by atoms with Crippen molar-refractivity contribution in [1.82, 2.24) is 5.32 Å². The molecule has 0 unspecified atom stereocenters. The zero-order valence-corrected chi connectivity index (χ0v) is 7.05. The molecule has 0 saturated heterocycles. The number of carbonyl (C=O) groups excluding carboxylic acids is 1. The highest BCUT2D eigenvalue weighted by Gasteiger charge is 1.96. The van der Waals surface area contributed by atoms with E-state index in [1.165, 1.54) is 13.2 Å². The van der Waals surface area contributed by atoms with Gasteiger partial charge in [0.25, 0.3) is 0 Å². The van der Waals surface area contributed by atoms with E-state index in [4.69, 9.17) is 5.26 Å². The maximum absolute atomic E-state index is 10.6. The zero-order valence-electron chi connectivity index (χ0n) is 7.05. The molecule has 0 aromatic heterocycles. The summed E-state index contributed by atoms with van der Waals surface area (Å²) in [6, 6.07) is 1.79. The first-order valence-electron chi connectivity index (χ1n) is 3.22. The van der Waals surface area contributed by atoms with E-state index in [1.807, 2.05) is 0 Å². The Balaban J connectivity index is 4.13. The Bertz CT molecular complexity index is 261. The van der Waals surface area contributed by atoms with E-state index in [2.05, 4.69) is 16.6 Å². The van der Waals surface area contributed by atoms with Crippen LogP contribution in [-0.4, -0.2) is 13.1 Å². The summed E-state index contributed by atoms with van der Waals surface area (Å²) in [5.41, 5.74) is 0.709. The quantitative estimate of drug-likeness (QED) is 0.380. The number of allylic oxidation sites excluding steroid dienone is 2. The van der Waals surface area contributed by atoms with Crippen LogP contribution in [0, 0.1) is 11.3 Å². The van der Waals surface area contributed by atoms with Crippen LogP contribution in [0.15, 0.2) is 24.0 Å². The summed E-state index contributed by atoms with van der Waals surface area (Å²) >= 11 is 0. The summed E-state index contributed by atoms with van der Waals surface area (Å²) in [5.74, 6) is -0.467. The number of hydrogen-bond acceptors (Lipinski definition) is 4. The van der Waals surface area contributed by atoms with E-state index in [-0.39, 0.29) is 5.70 Å². The molecular formula is C8H10N2O2. The van der Waals surface area contributed by atoms with E-state index in [0.29, 0.717) is 5.70 Å². The fourth-order valence-corrected chi connectivity index (χ4v) is 0.538. The smallest absolute Gasteiger partial charge is 0.332 e. The van der Waals surface area contributed by atoms with Crippen molar-refractivity contribution in [3.8, 4) is 6.07 Å². The minimum atomic E-state index is -0.467. The minimum absolute atomic E-state index is 0.188. The molecule has 0 aromatic carbocycles. The number of nitrogens with zero attached hydrogens (tertiary/aromatic N) is 1. The summed E-state index contributed by atoms with van der Waals surface area (Å²) in [5, 5.41) is 10.9. The highest BCUT2D eigenvalue weighted by molar-refractivity contribution is 5.82. The van der Waals surface area contributed by atoms with E-state index in [0.717, 1.165) is 0 Å². The van der Waals surface area contributed by atoms with Gasteiger partial charge in [-0.3, -0.25) is 0 Å². The lowest BCUT2D eigenvalue weighted by Crippen LogP contribution is -2.10. The molecule has 0 rings (SSSR count). The summed E-state index contributed by atoms with van der Waals surface area (Å²) in [7, 11) is 1.28. The molecule has 0 aliphatic rings. The average molecular weight is 166 g/mol. The Kier molecular flexibility index (Phi) is 4.24. The van der Waals surface area contributed by atoms with Gasteiger partial charge in [-0.1, -0.05) is 6.58 Å². The first-order valence-corrected chi connectivity index (χ1v) is 3.22. The largest absolute Gasteiger partial charge is 0.466 e. The van der Waals surface area contributed by atoms with Gasteiger partial charge < -0.3 is 10.1 Å². The molecule has 12 heavy (non-hydrogen) atoms. The fraction of sp³-hybridized carbons (Fsp3) is 0.250. The van der Waals surface area contributed by atoms with Crippen LogP contribution in [0.3, 0.4) is 0 Å². The predicted octanol–water partition coefficient (Wildman–Crippen LogP) is 0.690. The number of rotatable bonds is 3. The Morgan fingerprint density at radius 3 is 2.75 bits per heavy atom. The second-order valence-electron chi connectivity index (χ2n) is 2.07. The van der Waals surface area contributed by atoms with Crippen LogP contribution >= 0.6 is 0 Å². The Hall–Kier alpha value is -1.76. The normalized spacial score (nSPS) is 9.92. The molecule has 1 N–H and O–H groups in total. The number of nitriles is 1. The van der Waals surface area contributed by atoms with Gasteiger partial charge in [-0.05, 0) is 6.92 Å². The third-order valence-electron chi connectivity index (χ3n) is 1.02. The molecule has 0 heterocycles. The fourth-order valence-electron chi connectivity index (χ4n) is 0.538. The van der Waals surface area contributed by atoms with Gasteiger partial charge in [-0.25, -0.2) is 4.79 Å². The third kappa shape index (κ3) is 4.12. The lowest BCUT2D eigenvalue weighted by Gasteiger charge is -2.01. The minimum Gasteiger partial charge on any atom is -0.466 e. The molecular weight excluding hydrogens is 156 g/mol. The van der Waals surface area contributed by atoms with Crippen molar-refractivity contribution < 1.29 is 9.53 Å². The van der Waals surface area contributed by atoms with Crippen molar-refractivity contribution in [3.05, 3.63) is 24.0 Å². The molecule has 0 saturated carbocycles. The first kappa shape index (κ1) is 10.2. The van der Waals surface area contributed by atoms with Crippen LogP contribution in [-0.2, 0) is 9.53 Å². The molecule has 0 spiro atoms. The van der Waals surface area contributed by atoms with Gasteiger partial charge in [-0.2, -0.15) is 5.26 Å². The molecule has 0 radical (unpaired) electrons.